The van der Waals surface area contributed by atoms with Crippen molar-refractivity contribution < 1.29 is 0 Å². The summed E-state index contributed by atoms with van der Waals surface area (Å²) in [5, 5.41) is 3.65. The molecule has 0 saturated heterocycles. The van der Waals surface area contributed by atoms with Gasteiger partial charge in [-0.3, -0.25) is 0 Å². The van der Waals surface area contributed by atoms with Crippen LogP contribution in [0.5, 0.6) is 0 Å². The van der Waals surface area contributed by atoms with Crippen molar-refractivity contribution in [3.05, 3.63) is 0 Å². The molecule has 0 aromatic carbocycles. The van der Waals surface area contributed by atoms with E-state index in [4.69, 9.17) is 0 Å². The van der Waals surface area contributed by atoms with Crippen molar-refractivity contribution in [2.75, 3.05) is 13.1 Å². The topological polar surface area (TPSA) is 12.0 Å². The lowest BCUT2D eigenvalue weighted by Gasteiger charge is -2.31. The van der Waals surface area contributed by atoms with Gasteiger partial charge in [-0.1, -0.05) is 47.0 Å². The van der Waals surface area contributed by atoms with Gasteiger partial charge in [-0.15, -0.1) is 0 Å². The minimum absolute atomic E-state index is 0.565. The first-order valence-corrected chi connectivity index (χ1v) is 7.75. The Balaban J connectivity index is 1.94. The van der Waals surface area contributed by atoms with Crippen LogP contribution in [0.4, 0.5) is 0 Å². The second-order valence-corrected chi connectivity index (χ2v) is 7.10. The van der Waals surface area contributed by atoms with Gasteiger partial charge < -0.3 is 5.32 Å². The van der Waals surface area contributed by atoms with E-state index in [0.29, 0.717) is 10.8 Å². The standard InChI is InChI=1S/C16H31N/c1-5-11-17-12-14-15(2,3)16(14,4)13-9-7-6-8-10-13/h13-14,17H,5-12H2,1-4H3. The van der Waals surface area contributed by atoms with Gasteiger partial charge in [0.2, 0.25) is 0 Å². The van der Waals surface area contributed by atoms with Crippen LogP contribution in [-0.2, 0) is 0 Å². The van der Waals surface area contributed by atoms with Crippen molar-refractivity contribution >= 4 is 0 Å². The molecule has 0 spiro atoms. The van der Waals surface area contributed by atoms with Gasteiger partial charge in [0.05, 0.1) is 0 Å². The zero-order valence-corrected chi connectivity index (χ0v) is 12.3. The highest BCUT2D eigenvalue weighted by atomic mass is 14.9. The van der Waals surface area contributed by atoms with Crippen molar-refractivity contribution in [1.29, 1.82) is 0 Å². The molecule has 0 aromatic heterocycles. The first-order chi connectivity index (χ1) is 8.05. The molecule has 1 N–H and O–H groups in total. The summed E-state index contributed by atoms with van der Waals surface area (Å²) >= 11 is 0. The fraction of sp³-hybridized carbons (Fsp3) is 1.00. The highest BCUT2D eigenvalue weighted by molar-refractivity contribution is 5.18. The van der Waals surface area contributed by atoms with Crippen LogP contribution >= 0.6 is 0 Å². The van der Waals surface area contributed by atoms with E-state index in [1.165, 1.54) is 51.6 Å². The van der Waals surface area contributed by atoms with Crippen LogP contribution in [0.3, 0.4) is 0 Å². The zero-order chi connectivity index (χ0) is 12.5. The Bertz CT molecular complexity index is 252. The van der Waals surface area contributed by atoms with Crippen molar-refractivity contribution in [2.45, 2.75) is 66.2 Å². The van der Waals surface area contributed by atoms with E-state index in [0.717, 1.165) is 11.8 Å². The van der Waals surface area contributed by atoms with E-state index < -0.39 is 0 Å². The van der Waals surface area contributed by atoms with E-state index in [2.05, 4.69) is 33.0 Å². The van der Waals surface area contributed by atoms with Gasteiger partial charge in [-0.2, -0.15) is 0 Å². The zero-order valence-electron chi connectivity index (χ0n) is 12.3. The van der Waals surface area contributed by atoms with Crippen molar-refractivity contribution in [2.24, 2.45) is 22.7 Å². The first-order valence-electron chi connectivity index (χ1n) is 7.75. The van der Waals surface area contributed by atoms with Crippen LogP contribution in [-0.4, -0.2) is 13.1 Å². The summed E-state index contributed by atoms with van der Waals surface area (Å²) < 4.78 is 0. The Morgan fingerprint density at radius 1 is 1.06 bits per heavy atom. The molecule has 2 fully saturated rings. The number of nitrogens with one attached hydrogen (secondary N) is 1. The average Bonchev–Trinajstić information content (AvgIpc) is 2.77. The first kappa shape index (κ1) is 13.4. The van der Waals surface area contributed by atoms with Crippen molar-refractivity contribution in [3.8, 4) is 0 Å². The van der Waals surface area contributed by atoms with Crippen LogP contribution in [0.15, 0.2) is 0 Å². The smallest absolute Gasteiger partial charge is 0.000968 e. The second kappa shape index (κ2) is 4.91. The normalized spacial score (nSPS) is 37.1. The van der Waals surface area contributed by atoms with Gasteiger partial charge >= 0.3 is 0 Å². The van der Waals surface area contributed by atoms with E-state index in [-0.39, 0.29) is 0 Å². The largest absolute Gasteiger partial charge is 0.316 e. The molecule has 2 atom stereocenters. The molecule has 0 amide bonds. The molecule has 1 nitrogen and oxygen atoms in total. The van der Waals surface area contributed by atoms with E-state index >= 15 is 0 Å². The van der Waals surface area contributed by atoms with E-state index in [9.17, 15) is 0 Å². The molecule has 2 rings (SSSR count). The SMILES string of the molecule is CCCNCC1C(C)(C)C1(C)C1CCCCC1. The van der Waals surface area contributed by atoms with Crippen LogP contribution in [0, 0.1) is 22.7 Å². The van der Waals surface area contributed by atoms with Gasteiger partial charge in [0.1, 0.15) is 0 Å². The molecule has 2 aliphatic rings. The predicted octanol–water partition coefficient (Wildman–Crippen LogP) is 4.23. The lowest BCUT2D eigenvalue weighted by atomic mass is 9.75. The molecule has 100 valence electrons. The maximum absolute atomic E-state index is 3.65. The Hall–Kier alpha value is -0.0400. The third-order valence-electron chi connectivity index (χ3n) is 6.13. The van der Waals surface area contributed by atoms with Crippen LogP contribution < -0.4 is 5.32 Å². The minimum atomic E-state index is 0.565. The van der Waals surface area contributed by atoms with Crippen LogP contribution in [0.1, 0.15) is 66.2 Å². The predicted molar refractivity (Wildman–Crippen MR) is 75.1 cm³/mol. The van der Waals surface area contributed by atoms with Gasteiger partial charge in [0.25, 0.3) is 0 Å². The highest BCUT2D eigenvalue weighted by Gasteiger charge is 2.69. The Kier molecular flexibility index (Phi) is 3.87. The molecule has 0 bridgehead atoms. The molecule has 17 heavy (non-hydrogen) atoms. The summed E-state index contributed by atoms with van der Waals surface area (Å²) in [6.07, 6.45) is 8.67. The van der Waals surface area contributed by atoms with E-state index in [1.54, 1.807) is 0 Å². The van der Waals surface area contributed by atoms with Gasteiger partial charge in [-0.05, 0) is 55.0 Å². The summed E-state index contributed by atoms with van der Waals surface area (Å²) in [4.78, 5) is 0. The molecule has 2 saturated carbocycles. The highest BCUT2D eigenvalue weighted by Crippen LogP contribution is 2.73. The van der Waals surface area contributed by atoms with Crippen molar-refractivity contribution in [1.82, 2.24) is 5.32 Å². The van der Waals surface area contributed by atoms with Crippen LogP contribution in [0.2, 0.25) is 0 Å². The van der Waals surface area contributed by atoms with Crippen LogP contribution in [0.25, 0.3) is 0 Å². The summed E-state index contributed by atoms with van der Waals surface area (Å²) in [5.41, 5.74) is 1.18. The molecule has 1 heteroatoms. The third kappa shape index (κ3) is 2.16. The van der Waals surface area contributed by atoms with Gasteiger partial charge in [0, 0.05) is 0 Å². The monoisotopic (exact) mass is 237 g/mol. The fourth-order valence-electron chi connectivity index (χ4n) is 4.54. The molecule has 0 aromatic rings. The number of hydrogen-bond acceptors (Lipinski definition) is 1. The lowest BCUT2D eigenvalue weighted by Crippen LogP contribution is -2.24. The number of rotatable bonds is 5. The molecule has 2 aliphatic carbocycles. The van der Waals surface area contributed by atoms with Gasteiger partial charge in [-0.25, -0.2) is 0 Å². The molecular formula is C16H31N. The molecular weight excluding hydrogens is 206 g/mol. The molecule has 0 aliphatic heterocycles. The molecule has 0 radical (unpaired) electrons. The maximum atomic E-state index is 3.65. The summed E-state index contributed by atoms with van der Waals surface area (Å²) in [5.74, 6) is 1.91. The average molecular weight is 237 g/mol. The maximum Gasteiger partial charge on any atom is -0.000968 e. The van der Waals surface area contributed by atoms with Gasteiger partial charge in [0.15, 0.2) is 0 Å². The van der Waals surface area contributed by atoms with Crippen molar-refractivity contribution in [3.63, 3.8) is 0 Å². The summed E-state index contributed by atoms with van der Waals surface area (Å²) in [7, 11) is 0. The number of hydrogen-bond donors (Lipinski definition) is 1. The minimum Gasteiger partial charge on any atom is -0.316 e. The lowest BCUT2D eigenvalue weighted by molar-refractivity contribution is 0.196. The third-order valence-corrected chi connectivity index (χ3v) is 6.13. The Morgan fingerprint density at radius 2 is 1.71 bits per heavy atom. The summed E-state index contributed by atoms with van der Waals surface area (Å²) in [6, 6.07) is 0. The second-order valence-electron chi connectivity index (χ2n) is 7.10. The quantitative estimate of drug-likeness (QED) is 0.706. The fourth-order valence-corrected chi connectivity index (χ4v) is 4.54. The van der Waals surface area contributed by atoms with E-state index in [1.807, 2.05) is 0 Å². The molecule has 2 unspecified atom stereocenters. The molecule has 0 heterocycles. The Labute approximate surface area is 108 Å². The summed E-state index contributed by atoms with van der Waals surface area (Å²) in [6.45, 7) is 12.3. The Morgan fingerprint density at radius 3 is 2.29 bits per heavy atom.